The molecule has 0 saturated heterocycles. The van der Waals surface area contributed by atoms with E-state index in [0.29, 0.717) is 12.8 Å². The lowest BCUT2D eigenvalue weighted by atomic mass is 10.2. The van der Waals surface area contributed by atoms with Gasteiger partial charge in [0.2, 0.25) is 0 Å². The van der Waals surface area contributed by atoms with Gasteiger partial charge in [0.1, 0.15) is 10.7 Å². The Bertz CT molecular complexity index is 442. The Morgan fingerprint density at radius 3 is 2.56 bits per heavy atom. The molecule has 16 heavy (non-hydrogen) atoms. The fourth-order valence-electron chi connectivity index (χ4n) is 1.46. The molecule has 0 heterocycles. The van der Waals surface area contributed by atoms with Crippen LogP contribution in [0.1, 0.15) is 19.8 Å². The Balaban J connectivity index is 2.91. The van der Waals surface area contributed by atoms with E-state index in [1.54, 1.807) is 0 Å². The second-order valence-electron chi connectivity index (χ2n) is 3.65. The van der Waals surface area contributed by atoms with Gasteiger partial charge in [-0.3, -0.25) is 0 Å². The van der Waals surface area contributed by atoms with Crippen LogP contribution in [0.4, 0.5) is 4.39 Å². The summed E-state index contributed by atoms with van der Waals surface area (Å²) >= 11 is 0. The van der Waals surface area contributed by atoms with Crippen molar-refractivity contribution in [3.63, 3.8) is 0 Å². The highest BCUT2D eigenvalue weighted by Gasteiger charge is 2.22. The van der Waals surface area contributed by atoms with E-state index in [9.17, 15) is 17.9 Å². The molecule has 0 aromatic heterocycles. The summed E-state index contributed by atoms with van der Waals surface area (Å²) in [5.74, 6) is -1.20. The quantitative estimate of drug-likeness (QED) is 0.861. The molecule has 0 amide bonds. The third-order valence-corrected chi connectivity index (χ3v) is 4.03. The third kappa shape index (κ3) is 3.28. The minimum Gasteiger partial charge on any atom is -0.392 e. The summed E-state index contributed by atoms with van der Waals surface area (Å²) in [7, 11) is -3.74. The highest BCUT2D eigenvalue weighted by atomic mass is 32.2. The van der Waals surface area contributed by atoms with E-state index in [2.05, 4.69) is 0 Å². The Morgan fingerprint density at radius 2 is 2.00 bits per heavy atom. The smallest absolute Gasteiger partial charge is 0.183 e. The summed E-state index contributed by atoms with van der Waals surface area (Å²) < 4.78 is 36.7. The van der Waals surface area contributed by atoms with Crippen LogP contribution in [0.5, 0.6) is 0 Å². The zero-order valence-corrected chi connectivity index (χ0v) is 9.87. The lowest BCUT2D eigenvalue weighted by Gasteiger charge is -2.10. The topological polar surface area (TPSA) is 54.4 Å². The molecule has 1 aromatic carbocycles. The average molecular weight is 246 g/mol. The molecule has 0 aliphatic carbocycles. The number of halogens is 1. The van der Waals surface area contributed by atoms with E-state index < -0.39 is 27.5 Å². The molecule has 0 radical (unpaired) electrons. The average Bonchev–Trinajstić information content (AvgIpc) is 2.17. The van der Waals surface area contributed by atoms with Crippen LogP contribution in [-0.2, 0) is 9.84 Å². The molecular weight excluding hydrogens is 231 g/mol. The Morgan fingerprint density at radius 1 is 1.38 bits per heavy atom. The highest BCUT2D eigenvalue weighted by molar-refractivity contribution is 7.91. The Kier molecular flexibility index (Phi) is 4.44. The van der Waals surface area contributed by atoms with Gasteiger partial charge in [-0.05, 0) is 18.6 Å². The Hall–Kier alpha value is -0.940. The van der Waals surface area contributed by atoms with Crippen molar-refractivity contribution < 1.29 is 17.9 Å². The predicted molar refractivity (Wildman–Crippen MR) is 59.4 cm³/mol. The van der Waals surface area contributed by atoms with Crippen LogP contribution in [0.2, 0.25) is 0 Å². The molecule has 1 unspecified atom stereocenters. The van der Waals surface area contributed by atoms with Crippen molar-refractivity contribution in [1.82, 2.24) is 0 Å². The lowest BCUT2D eigenvalue weighted by molar-refractivity contribution is 0.186. The molecule has 3 nitrogen and oxygen atoms in total. The summed E-state index contributed by atoms with van der Waals surface area (Å²) in [6.07, 6.45) is 0.149. The molecule has 1 atom stereocenters. The first-order valence-corrected chi connectivity index (χ1v) is 6.78. The summed E-state index contributed by atoms with van der Waals surface area (Å²) in [5, 5.41) is 9.44. The first-order valence-electron chi connectivity index (χ1n) is 5.12. The molecule has 0 bridgehead atoms. The third-order valence-electron chi connectivity index (χ3n) is 2.21. The van der Waals surface area contributed by atoms with E-state index in [-0.39, 0.29) is 4.90 Å². The second kappa shape index (κ2) is 5.41. The number of sulfone groups is 1. The van der Waals surface area contributed by atoms with Crippen molar-refractivity contribution in [3.05, 3.63) is 30.1 Å². The van der Waals surface area contributed by atoms with Gasteiger partial charge in [0.25, 0.3) is 0 Å². The summed E-state index contributed by atoms with van der Waals surface area (Å²) in [5.41, 5.74) is 0. The Labute approximate surface area is 94.8 Å². The van der Waals surface area contributed by atoms with E-state index in [1.807, 2.05) is 6.92 Å². The molecular formula is C11H15FO3S. The second-order valence-corrected chi connectivity index (χ2v) is 5.66. The van der Waals surface area contributed by atoms with Crippen LogP contribution in [0.25, 0.3) is 0 Å². The molecule has 0 aliphatic heterocycles. The normalized spacial score (nSPS) is 13.7. The van der Waals surface area contributed by atoms with Crippen molar-refractivity contribution >= 4 is 9.84 Å². The highest BCUT2D eigenvalue weighted by Crippen LogP contribution is 2.16. The van der Waals surface area contributed by atoms with Gasteiger partial charge in [0, 0.05) is 0 Å². The summed E-state index contributed by atoms with van der Waals surface area (Å²) in [4.78, 5) is -0.342. The van der Waals surface area contributed by atoms with E-state index in [0.717, 1.165) is 6.07 Å². The lowest BCUT2D eigenvalue weighted by Crippen LogP contribution is -2.21. The zero-order valence-electron chi connectivity index (χ0n) is 9.06. The maximum atomic E-state index is 13.3. The van der Waals surface area contributed by atoms with Crippen molar-refractivity contribution in [2.45, 2.75) is 30.8 Å². The molecule has 0 saturated carbocycles. The zero-order chi connectivity index (χ0) is 12.2. The van der Waals surface area contributed by atoms with Crippen LogP contribution < -0.4 is 0 Å². The number of hydrogen-bond donors (Lipinski definition) is 1. The molecule has 0 fully saturated rings. The minimum atomic E-state index is -3.74. The van der Waals surface area contributed by atoms with E-state index >= 15 is 0 Å². The molecule has 0 spiro atoms. The van der Waals surface area contributed by atoms with Crippen molar-refractivity contribution in [2.75, 3.05) is 5.75 Å². The van der Waals surface area contributed by atoms with E-state index in [1.165, 1.54) is 18.2 Å². The number of rotatable bonds is 5. The first-order chi connectivity index (χ1) is 7.47. The minimum absolute atomic E-state index is 0.342. The van der Waals surface area contributed by atoms with Gasteiger partial charge in [-0.25, -0.2) is 12.8 Å². The van der Waals surface area contributed by atoms with Crippen molar-refractivity contribution in [3.8, 4) is 0 Å². The van der Waals surface area contributed by atoms with Crippen LogP contribution in [0, 0.1) is 5.82 Å². The molecule has 1 aromatic rings. The summed E-state index contributed by atoms with van der Waals surface area (Å²) in [6, 6.07) is 5.20. The fourth-order valence-corrected chi connectivity index (χ4v) is 2.96. The SMILES string of the molecule is CCCC(O)CS(=O)(=O)c1ccccc1F. The number of aliphatic hydroxyl groups is 1. The van der Waals surface area contributed by atoms with Crippen LogP contribution in [-0.4, -0.2) is 25.4 Å². The van der Waals surface area contributed by atoms with E-state index in [4.69, 9.17) is 0 Å². The number of aliphatic hydroxyl groups excluding tert-OH is 1. The van der Waals surface area contributed by atoms with Gasteiger partial charge < -0.3 is 5.11 Å². The molecule has 5 heteroatoms. The van der Waals surface area contributed by atoms with Crippen molar-refractivity contribution in [2.24, 2.45) is 0 Å². The van der Waals surface area contributed by atoms with Gasteiger partial charge in [-0.1, -0.05) is 25.5 Å². The molecule has 1 N–H and O–H groups in total. The predicted octanol–water partition coefficient (Wildman–Crippen LogP) is 1.76. The van der Waals surface area contributed by atoms with Crippen LogP contribution >= 0.6 is 0 Å². The molecule has 1 rings (SSSR count). The van der Waals surface area contributed by atoms with Crippen molar-refractivity contribution in [1.29, 1.82) is 0 Å². The van der Waals surface area contributed by atoms with Gasteiger partial charge in [-0.15, -0.1) is 0 Å². The summed E-state index contributed by atoms with van der Waals surface area (Å²) in [6.45, 7) is 1.85. The largest absolute Gasteiger partial charge is 0.392 e. The number of hydrogen-bond acceptors (Lipinski definition) is 3. The van der Waals surface area contributed by atoms with Crippen LogP contribution in [0.3, 0.4) is 0 Å². The molecule has 90 valence electrons. The first kappa shape index (κ1) is 13.1. The monoisotopic (exact) mass is 246 g/mol. The fraction of sp³-hybridized carbons (Fsp3) is 0.455. The maximum absolute atomic E-state index is 13.3. The van der Waals surface area contributed by atoms with Gasteiger partial charge in [0.05, 0.1) is 11.9 Å². The van der Waals surface area contributed by atoms with Gasteiger partial charge in [0.15, 0.2) is 9.84 Å². The van der Waals surface area contributed by atoms with Crippen LogP contribution in [0.15, 0.2) is 29.2 Å². The number of benzene rings is 1. The van der Waals surface area contributed by atoms with Gasteiger partial charge >= 0.3 is 0 Å². The maximum Gasteiger partial charge on any atom is 0.183 e. The van der Waals surface area contributed by atoms with Gasteiger partial charge in [-0.2, -0.15) is 0 Å². The standard InChI is InChI=1S/C11H15FO3S/c1-2-5-9(13)8-16(14,15)11-7-4-3-6-10(11)12/h3-4,6-7,9,13H,2,5,8H2,1H3. The molecule has 0 aliphatic rings.